The SMILES string of the molecule is CCCCn1c(=O)c2c(O)c(Sc3ccccc3)c(=O)oc2c2ccccc21. The molecule has 0 radical (unpaired) electrons. The van der Waals surface area contributed by atoms with Gasteiger partial charge in [-0.3, -0.25) is 4.79 Å². The van der Waals surface area contributed by atoms with Crippen LogP contribution in [0.25, 0.3) is 21.9 Å². The third-order valence-corrected chi connectivity index (χ3v) is 5.73. The van der Waals surface area contributed by atoms with E-state index in [-0.39, 0.29) is 27.2 Å². The molecule has 0 aliphatic heterocycles. The van der Waals surface area contributed by atoms with E-state index in [4.69, 9.17) is 4.42 Å². The number of hydrogen-bond acceptors (Lipinski definition) is 5. The van der Waals surface area contributed by atoms with Crippen LogP contribution in [0, 0.1) is 0 Å². The summed E-state index contributed by atoms with van der Waals surface area (Å²) in [6.45, 7) is 2.59. The molecular formula is C22H19NO4S. The van der Waals surface area contributed by atoms with E-state index < -0.39 is 5.63 Å². The first-order valence-electron chi connectivity index (χ1n) is 9.16. The van der Waals surface area contributed by atoms with E-state index in [0.717, 1.165) is 29.5 Å². The molecule has 5 nitrogen and oxygen atoms in total. The Morgan fingerprint density at radius 3 is 2.50 bits per heavy atom. The maximum Gasteiger partial charge on any atom is 0.354 e. The van der Waals surface area contributed by atoms with Crippen LogP contribution in [0.3, 0.4) is 0 Å². The molecule has 2 aromatic heterocycles. The average molecular weight is 393 g/mol. The Hall–Kier alpha value is -2.99. The maximum absolute atomic E-state index is 13.2. The van der Waals surface area contributed by atoms with Crippen LogP contribution < -0.4 is 11.2 Å². The number of aromatic hydroxyl groups is 1. The molecule has 2 aromatic carbocycles. The van der Waals surface area contributed by atoms with Crippen molar-refractivity contribution in [3.05, 3.63) is 75.4 Å². The van der Waals surface area contributed by atoms with Crippen molar-refractivity contribution in [2.75, 3.05) is 0 Å². The van der Waals surface area contributed by atoms with Gasteiger partial charge in [0.2, 0.25) is 0 Å². The zero-order chi connectivity index (χ0) is 19.7. The Morgan fingerprint density at radius 2 is 1.75 bits per heavy atom. The minimum atomic E-state index is -0.658. The van der Waals surface area contributed by atoms with Crippen molar-refractivity contribution in [1.29, 1.82) is 0 Å². The normalized spacial score (nSPS) is 11.3. The predicted octanol–water partition coefficient (Wildman–Crippen LogP) is 4.76. The van der Waals surface area contributed by atoms with Crippen LogP contribution in [0.4, 0.5) is 0 Å². The third-order valence-electron chi connectivity index (χ3n) is 4.66. The lowest BCUT2D eigenvalue weighted by Gasteiger charge is -2.13. The van der Waals surface area contributed by atoms with Gasteiger partial charge in [0.25, 0.3) is 5.56 Å². The van der Waals surface area contributed by atoms with Crippen LogP contribution in [0.5, 0.6) is 5.75 Å². The van der Waals surface area contributed by atoms with Gasteiger partial charge in [-0.1, -0.05) is 55.4 Å². The molecule has 1 N–H and O–H groups in total. The fourth-order valence-electron chi connectivity index (χ4n) is 3.28. The molecule has 0 aliphatic carbocycles. The fraction of sp³-hybridized carbons (Fsp3) is 0.182. The topological polar surface area (TPSA) is 72.4 Å². The molecular weight excluding hydrogens is 374 g/mol. The molecule has 0 bridgehead atoms. The number of aromatic nitrogens is 1. The van der Waals surface area contributed by atoms with Crippen LogP contribution in [0.1, 0.15) is 19.8 Å². The number of unbranched alkanes of at least 4 members (excludes halogenated alkanes) is 1. The second-order valence-electron chi connectivity index (χ2n) is 6.51. The highest BCUT2D eigenvalue weighted by Crippen LogP contribution is 2.36. The minimum Gasteiger partial charge on any atom is -0.505 e. The Morgan fingerprint density at radius 1 is 1.04 bits per heavy atom. The van der Waals surface area contributed by atoms with Gasteiger partial charge in [0.05, 0.1) is 5.52 Å². The molecule has 6 heteroatoms. The van der Waals surface area contributed by atoms with Gasteiger partial charge in [-0.05, 0) is 30.7 Å². The van der Waals surface area contributed by atoms with E-state index >= 15 is 0 Å². The van der Waals surface area contributed by atoms with Crippen LogP contribution in [0.2, 0.25) is 0 Å². The van der Waals surface area contributed by atoms with Gasteiger partial charge in [-0.15, -0.1) is 0 Å². The molecule has 0 unspecified atom stereocenters. The number of benzene rings is 2. The summed E-state index contributed by atoms with van der Waals surface area (Å²) >= 11 is 1.09. The second-order valence-corrected chi connectivity index (χ2v) is 7.60. The number of rotatable bonds is 5. The molecule has 0 saturated heterocycles. The van der Waals surface area contributed by atoms with Crippen LogP contribution in [-0.4, -0.2) is 9.67 Å². The van der Waals surface area contributed by atoms with Crippen molar-refractivity contribution in [2.24, 2.45) is 0 Å². The molecule has 2 heterocycles. The van der Waals surface area contributed by atoms with Crippen molar-refractivity contribution >= 4 is 33.6 Å². The summed E-state index contributed by atoms with van der Waals surface area (Å²) < 4.78 is 7.20. The molecule has 0 spiro atoms. The molecule has 0 amide bonds. The maximum atomic E-state index is 13.2. The minimum absolute atomic E-state index is 0.0214. The Labute approximate surface area is 165 Å². The quantitative estimate of drug-likeness (QED) is 0.495. The highest BCUT2D eigenvalue weighted by Gasteiger charge is 2.21. The molecule has 0 aliphatic rings. The molecule has 0 atom stereocenters. The number of para-hydroxylation sites is 1. The Bertz CT molecular complexity index is 1280. The average Bonchev–Trinajstić information content (AvgIpc) is 2.71. The molecule has 0 fully saturated rings. The van der Waals surface area contributed by atoms with Gasteiger partial charge in [-0.2, -0.15) is 0 Å². The molecule has 0 saturated carbocycles. The molecule has 28 heavy (non-hydrogen) atoms. The summed E-state index contributed by atoms with van der Waals surface area (Å²) in [5.41, 5.74) is -0.180. The monoisotopic (exact) mass is 393 g/mol. The van der Waals surface area contributed by atoms with Gasteiger partial charge in [0.15, 0.2) is 11.3 Å². The largest absolute Gasteiger partial charge is 0.505 e. The van der Waals surface area contributed by atoms with E-state index in [2.05, 4.69) is 6.92 Å². The molecule has 4 aromatic rings. The number of hydrogen-bond donors (Lipinski definition) is 1. The van der Waals surface area contributed by atoms with E-state index in [0.29, 0.717) is 17.4 Å². The number of pyridine rings is 1. The van der Waals surface area contributed by atoms with Crippen LogP contribution in [0.15, 0.2) is 78.4 Å². The zero-order valence-corrected chi connectivity index (χ0v) is 16.2. The number of aryl methyl sites for hydroxylation is 1. The summed E-state index contributed by atoms with van der Waals surface area (Å²) in [6, 6.07) is 16.5. The van der Waals surface area contributed by atoms with E-state index in [1.165, 1.54) is 0 Å². The van der Waals surface area contributed by atoms with Crippen molar-refractivity contribution in [2.45, 2.75) is 36.1 Å². The third kappa shape index (κ3) is 3.10. The highest BCUT2D eigenvalue weighted by atomic mass is 32.2. The number of nitrogens with zero attached hydrogens (tertiary/aromatic N) is 1. The van der Waals surface area contributed by atoms with E-state index in [9.17, 15) is 14.7 Å². The predicted molar refractivity (Wildman–Crippen MR) is 111 cm³/mol. The standard InChI is InChI=1S/C22H19NO4S/c1-2-3-13-23-16-12-8-7-11-15(16)19-17(21(23)25)18(24)20(22(26)27-19)28-14-9-5-4-6-10-14/h4-12,24H,2-3,13H2,1H3. The molecule has 142 valence electrons. The van der Waals surface area contributed by atoms with E-state index in [1.54, 1.807) is 10.6 Å². The smallest absolute Gasteiger partial charge is 0.354 e. The number of fused-ring (bicyclic) bond motifs is 3. The lowest BCUT2D eigenvalue weighted by atomic mass is 10.1. The summed E-state index contributed by atoms with van der Waals surface area (Å²) in [5, 5.41) is 11.6. The first-order valence-corrected chi connectivity index (χ1v) is 9.97. The first-order chi connectivity index (χ1) is 13.6. The summed E-state index contributed by atoms with van der Waals surface area (Å²) in [4.78, 5) is 26.6. The zero-order valence-electron chi connectivity index (χ0n) is 15.3. The fourth-order valence-corrected chi connectivity index (χ4v) is 4.13. The lowest BCUT2D eigenvalue weighted by molar-refractivity contribution is 0.446. The highest BCUT2D eigenvalue weighted by molar-refractivity contribution is 7.99. The van der Waals surface area contributed by atoms with Crippen molar-refractivity contribution in [3.63, 3.8) is 0 Å². The van der Waals surface area contributed by atoms with Crippen molar-refractivity contribution in [1.82, 2.24) is 4.57 Å². The lowest BCUT2D eigenvalue weighted by Crippen LogP contribution is -2.22. The summed E-state index contributed by atoms with van der Waals surface area (Å²) in [5.74, 6) is -0.318. The molecule has 4 rings (SSSR count). The van der Waals surface area contributed by atoms with Gasteiger partial charge in [-0.25, -0.2) is 4.79 Å². The van der Waals surface area contributed by atoms with Gasteiger partial charge >= 0.3 is 5.63 Å². The Kier molecular flexibility index (Phi) is 4.96. The van der Waals surface area contributed by atoms with E-state index in [1.807, 2.05) is 48.5 Å². The first kappa shape index (κ1) is 18.4. The summed E-state index contributed by atoms with van der Waals surface area (Å²) in [6.07, 6.45) is 1.77. The Balaban J connectivity index is 2.04. The van der Waals surface area contributed by atoms with Gasteiger partial charge in [0, 0.05) is 16.8 Å². The van der Waals surface area contributed by atoms with Crippen molar-refractivity contribution in [3.8, 4) is 5.75 Å². The van der Waals surface area contributed by atoms with Crippen molar-refractivity contribution < 1.29 is 9.52 Å². The second kappa shape index (κ2) is 7.56. The van der Waals surface area contributed by atoms with Gasteiger partial charge in [0.1, 0.15) is 10.3 Å². The van der Waals surface area contributed by atoms with Crippen LogP contribution >= 0.6 is 11.8 Å². The van der Waals surface area contributed by atoms with Gasteiger partial charge < -0.3 is 14.1 Å². The summed E-state index contributed by atoms with van der Waals surface area (Å²) in [7, 11) is 0. The van der Waals surface area contributed by atoms with Crippen LogP contribution in [-0.2, 0) is 6.54 Å².